The van der Waals surface area contributed by atoms with E-state index in [2.05, 4.69) is 17.6 Å². The van der Waals surface area contributed by atoms with Gasteiger partial charge in [-0.05, 0) is 31.0 Å². The van der Waals surface area contributed by atoms with Crippen LogP contribution in [0.5, 0.6) is 0 Å². The van der Waals surface area contributed by atoms with Crippen molar-refractivity contribution in [3.63, 3.8) is 0 Å². The molecule has 3 nitrogen and oxygen atoms in total. The molecule has 0 heterocycles. The Morgan fingerprint density at radius 2 is 2.00 bits per heavy atom. The van der Waals surface area contributed by atoms with Gasteiger partial charge in [-0.25, -0.2) is 8.78 Å². The van der Waals surface area contributed by atoms with Crippen molar-refractivity contribution in [2.45, 2.75) is 26.2 Å². The Bertz CT molecular complexity index is 410. The molecule has 1 aromatic carbocycles. The fourth-order valence-electron chi connectivity index (χ4n) is 1.67. The fourth-order valence-corrected chi connectivity index (χ4v) is 1.67. The first-order chi connectivity index (χ1) is 9.15. The fraction of sp³-hybridized carbons (Fsp3) is 0.500. The highest BCUT2D eigenvalue weighted by atomic mass is 19.2. The van der Waals surface area contributed by atoms with Crippen LogP contribution in [0.2, 0.25) is 0 Å². The highest BCUT2D eigenvalue weighted by Crippen LogP contribution is 2.12. The summed E-state index contributed by atoms with van der Waals surface area (Å²) in [6.07, 6.45) is 1.42. The zero-order chi connectivity index (χ0) is 14.1. The molecule has 106 valence electrons. The van der Waals surface area contributed by atoms with Gasteiger partial charge in [-0.2, -0.15) is 0 Å². The minimum Gasteiger partial charge on any atom is -0.355 e. The average molecular weight is 270 g/mol. The topological polar surface area (TPSA) is 41.1 Å². The first-order valence-corrected chi connectivity index (χ1v) is 6.55. The number of amides is 1. The van der Waals surface area contributed by atoms with Gasteiger partial charge in [-0.15, -0.1) is 0 Å². The second-order valence-corrected chi connectivity index (χ2v) is 4.31. The van der Waals surface area contributed by atoms with Crippen molar-refractivity contribution < 1.29 is 13.6 Å². The molecule has 0 fully saturated rings. The van der Waals surface area contributed by atoms with E-state index >= 15 is 0 Å². The van der Waals surface area contributed by atoms with Crippen LogP contribution in [0.1, 0.15) is 25.3 Å². The predicted molar refractivity (Wildman–Crippen MR) is 70.8 cm³/mol. The molecule has 0 saturated heterocycles. The van der Waals surface area contributed by atoms with E-state index in [1.807, 2.05) is 0 Å². The number of rotatable bonds is 8. The zero-order valence-corrected chi connectivity index (χ0v) is 11.1. The molecule has 0 aliphatic carbocycles. The van der Waals surface area contributed by atoms with Crippen molar-refractivity contribution in [1.82, 2.24) is 10.6 Å². The van der Waals surface area contributed by atoms with Crippen LogP contribution in [-0.4, -0.2) is 25.5 Å². The van der Waals surface area contributed by atoms with E-state index in [1.165, 1.54) is 12.1 Å². The lowest BCUT2D eigenvalue weighted by molar-refractivity contribution is -0.121. The standard InChI is InChI=1S/C14H20F2N2O/c1-2-8-17-9-10-18-13(19)7-6-11-4-3-5-12(15)14(11)16/h3-5,17H,2,6-10H2,1H3,(H,18,19). The SMILES string of the molecule is CCCNCCNC(=O)CCc1cccc(F)c1F. The highest BCUT2D eigenvalue weighted by Gasteiger charge is 2.09. The molecule has 1 aromatic rings. The van der Waals surface area contributed by atoms with Gasteiger partial charge in [-0.3, -0.25) is 4.79 Å². The lowest BCUT2D eigenvalue weighted by Crippen LogP contribution is -2.32. The number of carbonyl (C=O) groups is 1. The number of aryl methyl sites for hydroxylation is 1. The molecule has 0 atom stereocenters. The molecule has 0 saturated carbocycles. The Hall–Kier alpha value is -1.49. The summed E-state index contributed by atoms with van der Waals surface area (Å²) in [5, 5.41) is 5.88. The molecule has 0 radical (unpaired) electrons. The lowest BCUT2D eigenvalue weighted by Gasteiger charge is -2.07. The van der Waals surface area contributed by atoms with E-state index in [-0.39, 0.29) is 24.3 Å². The van der Waals surface area contributed by atoms with Crippen LogP contribution in [-0.2, 0) is 11.2 Å². The lowest BCUT2D eigenvalue weighted by atomic mass is 10.1. The van der Waals surface area contributed by atoms with Crippen LogP contribution in [0.25, 0.3) is 0 Å². The van der Waals surface area contributed by atoms with E-state index in [1.54, 1.807) is 0 Å². The summed E-state index contributed by atoms with van der Waals surface area (Å²) in [5.74, 6) is -1.89. The second-order valence-electron chi connectivity index (χ2n) is 4.31. The maximum absolute atomic E-state index is 13.3. The molecule has 0 bridgehead atoms. The van der Waals surface area contributed by atoms with Crippen molar-refractivity contribution in [2.75, 3.05) is 19.6 Å². The van der Waals surface area contributed by atoms with E-state index in [9.17, 15) is 13.6 Å². The molecule has 0 aliphatic heterocycles. The normalized spacial score (nSPS) is 10.5. The summed E-state index contributed by atoms with van der Waals surface area (Å²) in [6, 6.07) is 4.01. The van der Waals surface area contributed by atoms with Crippen LogP contribution in [0.3, 0.4) is 0 Å². The van der Waals surface area contributed by atoms with Crippen molar-refractivity contribution in [3.05, 3.63) is 35.4 Å². The summed E-state index contributed by atoms with van der Waals surface area (Å²) in [5.41, 5.74) is 0.235. The van der Waals surface area contributed by atoms with Gasteiger partial charge in [0.1, 0.15) is 0 Å². The monoisotopic (exact) mass is 270 g/mol. The van der Waals surface area contributed by atoms with Gasteiger partial charge in [0.05, 0.1) is 0 Å². The molecule has 0 unspecified atom stereocenters. The van der Waals surface area contributed by atoms with Crippen molar-refractivity contribution >= 4 is 5.91 Å². The first kappa shape index (κ1) is 15.6. The molecule has 0 aromatic heterocycles. The smallest absolute Gasteiger partial charge is 0.220 e. The molecule has 2 N–H and O–H groups in total. The Kier molecular flexibility index (Phi) is 7.03. The summed E-state index contributed by atoms with van der Waals surface area (Å²) in [4.78, 5) is 11.5. The molecule has 0 spiro atoms. The highest BCUT2D eigenvalue weighted by molar-refractivity contribution is 5.76. The predicted octanol–water partition coefficient (Wildman–Crippen LogP) is 2.01. The Balaban J connectivity index is 2.24. The number of carbonyl (C=O) groups excluding carboxylic acids is 1. The molecular formula is C14H20F2N2O. The summed E-state index contributed by atoms with van der Waals surface area (Å²) < 4.78 is 26.3. The van der Waals surface area contributed by atoms with Crippen LogP contribution in [0.15, 0.2) is 18.2 Å². The number of halogens is 2. The first-order valence-electron chi connectivity index (χ1n) is 6.55. The molecule has 1 amide bonds. The third-order valence-corrected chi connectivity index (χ3v) is 2.70. The van der Waals surface area contributed by atoms with Crippen LogP contribution in [0, 0.1) is 11.6 Å². The third kappa shape index (κ3) is 5.79. The number of hydrogen-bond donors (Lipinski definition) is 2. The number of nitrogens with one attached hydrogen (secondary N) is 2. The molecule has 1 rings (SSSR count). The zero-order valence-electron chi connectivity index (χ0n) is 11.1. The second kappa shape index (κ2) is 8.58. The number of hydrogen-bond acceptors (Lipinski definition) is 2. The Morgan fingerprint density at radius 1 is 1.21 bits per heavy atom. The van der Waals surface area contributed by atoms with E-state index in [0.29, 0.717) is 13.1 Å². The van der Waals surface area contributed by atoms with Gasteiger partial charge in [0.2, 0.25) is 5.91 Å². The van der Waals surface area contributed by atoms with Gasteiger partial charge < -0.3 is 10.6 Å². The quantitative estimate of drug-likeness (QED) is 0.710. The maximum atomic E-state index is 13.3. The van der Waals surface area contributed by atoms with Gasteiger partial charge >= 0.3 is 0 Å². The molecule has 19 heavy (non-hydrogen) atoms. The van der Waals surface area contributed by atoms with Crippen molar-refractivity contribution in [3.8, 4) is 0 Å². The van der Waals surface area contributed by atoms with E-state index in [4.69, 9.17) is 0 Å². The van der Waals surface area contributed by atoms with Gasteiger partial charge in [-0.1, -0.05) is 19.1 Å². The molecule has 5 heteroatoms. The summed E-state index contributed by atoms with van der Waals surface area (Å²) >= 11 is 0. The Labute approximate surface area is 112 Å². The third-order valence-electron chi connectivity index (χ3n) is 2.70. The largest absolute Gasteiger partial charge is 0.355 e. The minimum atomic E-state index is -0.873. The van der Waals surface area contributed by atoms with Crippen molar-refractivity contribution in [2.24, 2.45) is 0 Å². The van der Waals surface area contributed by atoms with Gasteiger partial charge in [0, 0.05) is 19.5 Å². The average Bonchev–Trinajstić information content (AvgIpc) is 2.40. The van der Waals surface area contributed by atoms with Crippen molar-refractivity contribution in [1.29, 1.82) is 0 Å². The molecular weight excluding hydrogens is 250 g/mol. The summed E-state index contributed by atoms with van der Waals surface area (Å²) in [7, 11) is 0. The summed E-state index contributed by atoms with van der Waals surface area (Å²) in [6.45, 7) is 4.25. The number of benzene rings is 1. The maximum Gasteiger partial charge on any atom is 0.220 e. The van der Waals surface area contributed by atoms with E-state index in [0.717, 1.165) is 19.0 Å². The molecule has 0 aliphatic rings. The van der Waals surface area contributed by atoms with Gasteiger partial charge in [0.15, 0.2) is 11.6 Å². The van der Waals surface area contributed by atoms with E-state index < -0.39 is 11.6 Å². The minimum absolute atomic E-state index is 0.151. The van der Waals surface area contributed by atoms with Crippen LogP contribution >= 0.6 is 0 Å². The van der Waals surface area contributed by atoms with Crippen LogP contribution < -0.4 is 10.6 Å². The van der Waals surface area contributed by atoms with Gasteiger partial charge in [0.25, 0.3) is 0 Å². The Morgan fingerprint density at radius 3 is 2.74 bits per heavy atom. The van der Waals surface area contributed by atoms with Crippen LogP contribution in [0.4, 0.5) is 8.78 Å².